The molecule has 1 aliphatic rings. The van der Waals surface area contributed by atoms with Crippen LogP contribution in [0.4, 0.5) is 4.39 Å². The fourth-order valence-corrected chi connectivity index (χ4v) is 1.77. The Hall–Kier alpha value is -1.49. The van der Waals surface area contributed by atoms with Crippen molar-refractivity contribution in [3.05, 3.63) is 29.8 Å². The third-order valence-corrected chi connectivity index (χ3v) is 2.89. The Bertz CT molecular complexity index is 387. The zero-order valence-corrected chi connectivity index (χ0v) is 7.98. The molecule has 1 aromatic heterocycles. The molecule has 1 aliphatic carbocycles. The van der Waals surface area contributed by atoms with Gasteiger partial charge in [-0.15, -0.1) is 0 Å². The van der Waals surface area contributed by atoms with Gasteiger partial charge in [-0.05, 0) is 25.0 Å². The second-order valence-corrected chi connectivity index (χ2v) is 3.83. The SMILES string of the molecule is NC(C(=O)O)C1(c2ccc(F)cn2)CC1. The predicted octanol–water partition coefficient (Wildman–Crippen LogP) is 0.664. The van der Waals surface area contributed by atoms with Crippen LogP contribution in [0.2, 0.25) is 0 Å². The number of nitrogens with two attached hydrogens (primary N) is 1. The maximum atomic E-state index is 12.6. The fourth-order valence-electron chi connectivity index (χ4n) is 1.77. The minimum atomic E-state index is -1.04. The van der Waals surface area contributed by atoms with Gasteiger partial charge >= 0.3 is 5.97 Å². The van der Waals surface area contributed by atoms with Crippen molar-refractivity contribution in [2.75, 3.05) is 0 Å². The number of carboxylic acids is 1. The third-order valence-electron chi connectivity index (χ3n) is 2.89. The number of hydrogen-bond donors (Lipinski definition) is 2. The second-order valence-electron chi connectivity index (χ2n) is 3.83. The van der Waals surface area contributed by atoms with Gasteiger partial charge in [0.25, 0.3) is 0 Å². The van der Waals surface area contributed by atoms with E-state index >= 15 is 0 Å². The van der Waals surface area contributed by atoms with Crippen LogP contribution in [0.1, 0.15) is 18.5 Å². The molecule has 2 rings (SSSR count). The molecule has 0 aromatic carbocycles. The largest absolute Gasteiger partial charge is 0.480 e. The highest BCUT2D eigenvalue weighted by molar-refractivity contribution is 5.76. The molecule has 1 fully saturated rings. The first kappa shape index (κ1) is 10.0. The maximum absolute atomic E-state index is 12.6. The number of carbonyl (C=O) groups is 1. The minimum absolute atomic E-state index is 0.432. The first-order valence-corrected chi connectivity index (χ1v) is 4.67. The molecule has 5 heteroatoms. The van der Waals surface area contributed by atoms with Crippen molar-refractivity contribution in [3.63, 3.8) is 0 Å². The summed E-state index contributed by atoms with van der Waals surface area (Å²) in [5, 5.41) is 8.85. The standard InChI is InChI=1S/C10H11FN2O2/c11-6-1-2-7(13-5-6)10(3-4-10)8(12)9(14)15/h1-2,5,8H,3-4,12H2,(H,14,15). The van der Waals surface area contributed by atoms with Crippen molar-refractivity contribution in [2.24, 2.45) is 5.73 Å². The number of nitrogens with zero attached hydrogens (tertiary/aromatic N) is 1. The molecule has 80 valence electrons. The summed E-state index contributed by atoms with van der Waals surface area (Å²) in [4.78, 5) is 14.7. The highest BCUT2D eigenvalue weighted by Crippen LogP contribution is 2.49. The topological polar surface area (TPSA) is 76.2 Å². The van der Waals surface area contributed by atoms with E-state index in [0.717, 1.165) is 6.20 Å². The van der Waals surface area contributed by atoms with E-state index < -0.39 is 23.2 Å². The van der Waals surface area contributed by atoms with Crippen LogP contribution >= 0.6 is 0 Å². The van der Waals surface area contributed by atoms with Gasteiger partial charge in [-0.3, -0.25) is 9.78 Å². The predicted molar refractivity (Wildman–Crippen MR) is 50.7 cm³/mol. The Labute approximate surface area is 85.9 Å². The molecule has 0 bridgehead atoms. The molecular formula is C10H11FN2O2. The molecular weight excluding hydrogens is 199 g/mol. The molecule has 0 spiro atoms. The Morgan fingerprint density at radius 2 is 2.27 bits per heavy atom. The molecule has 1 atom stereocenters. The van der Waals surface area contributed by atoms with Gasteiger partial charge < -0.3 is 10.8 Å². The van der Waals surface area contributed by atoms with Crippen molar-refractivity contribution < 1.29 is 14.3 Å². The average Bonchev–Trinajstić information content (AvgIpc) is 2.99. The van der Waals surface area contributed by atoms with Crippen LogP contribution in [0.25, 0.3) is 0 Å². The van der Waals surface area contributed by atoms with E-state index in [4.69, 9.17) is 10.8 Å². The van der Waals surface area contributed by atoms with Gasteiger partial charge in [0.05, 0.1) is 6.20 Å². The van der Waals surface area contributed by atoms with Gasteiger partial charge in [0, 0.05) is 11.1 Å². The van der Waals surface area contributed by atoms with E-state index in [1.807, 2.05) is 0 Å². The van der Waals surface area contributed by atoms with Gasteiger partial charge in [-0.2, -0.15) is 0 Å². The lowest BCUT2D eigenvalue weighted by Gasteiger charge is -2.18. The van der Waals surface area contributed by atoms with Gasteiger partial charge in [-0.25, -0.2) is 4.39 Å². The van der Waals surface area contributed by atoms with Crippen molar-refractivity contribution >= 4 is 5.97 Å². The molecule has 0 aliphatic heterocycles. The lowest BCUT2D eigenvalue weighted by Crippen LogP contribution is -2.42. The molecule has 1 saturated carbocycles. The number of rotatable bonds is 3. The Morgan fingerprint density at radius 3 is 2.67 bits per heavy atom. The number of pyridine rings is 1. The van der Waals surface area contributed by atoms with Crippen molar-refractivity contribution in [3.8, 4) is 0 Å². The quantitative estimate of drug-likeness (QED) is 0.768. The molecule has 4 nitrogen and oxygen atoms in total. The number of aromatic nitrogens is 1. The number of hydrogen-bond acceptors (Lipinski definition) is 3. The Morgan fingerprint density at radius 1 is 1.60 bits per heavy atom. The van der Waals surface area contributed by atoms with E-state index in [9.17, 15) is 9.18 Å². The van der Waals surface area contributed by atoms with Crippen LogP contribution < -0.4 is 5.73 Å². The molecule has 0 amide bonds. The lowest BCUT2D eigenvalue weighted by atomic mass is 9.93. The van der Waals surface area contributed by atoms with E-state index in [0.29, 0.717) is 18.5 Å². The van der Waals surface area contributed by atoms with Crippen molar-refractivity contribution in [1.29, 1.82) is 0 Å². The summed E-state index contributed by atoms with van der Waals surface area (Å²) in [6, 6.07) is 1.82. The van der Waals surface area contributed by atoms with Crippen LogP contribution in [0.15, 0.2) is 18.3 Å². The number of aliphatic carboxylic acids is 1. The van der Waals surface area contributed by atoms with Crippen LogP contribution in [-0.2, 0) is 10.2 Å². The maximum Gasteiger partial charge on any atom is 0.321 e. The van der Waals surface area contributed by atoms with E-state index in [1.165, 1.54) is 12.1 Å². The van der Waals surface area contributed by atoms with Gasteiger partial charge in [0.15, 0.2) is 0 Å². The van der Waals surface area contributed by atoms with Crippen molar-refractivity contribution in [1.82, 2.24) is 4.98 Å². The van der Waals surface area contributed by atoms with Gasteiger partial charge in [-0.1, -0.05) is 0 Å². The summed E-state index contributed by atoms with van der Waals surface area (Å²) in [6.45, 7) is 0. The third kappa shape index (κ3) is 1.59. The second kappa shape index (κ2) is 3.27. The molecule has 15 heavy (non-hydrogen) atoms. The normalized spacial score (nSPS) is 19.6. The Balaban J connectivity index is 2.30. The van der Waals surface area contributed by atoms with E-state index in [1.54, 1.807) is 0 Å². The number of halogens is 1. The zero-order valence-electron chi connectivity index (χ0n) is 7.98. The summed E-state index contributed by atoms with van der Waals surface area (Å²) in [7, 11) is 0. The summed E-state index contributed by atoms with van der Waals surface area (Å²) in [5.74, 6) is -1.47. The number of carboxylic acid groups (broad SMARTS) is 1. The van der Waals surface area contributed by atoms with Crippen LogP contribution in [0.3, 0.4) is 0 Å². The molecule has 0 radical (unpaired) electrons. The Kier molecular flexibility index (Phi) is 2.19. The van der Waals surface area contributed by atoms with Crippen LogP contribution in [0, 0.1) is 5.82 Å². The van der Waals surface area contributed by atoms with E-state index in [2.05, 4.69) is 4.98 Å². The highest BCUT2D eigenvalue weighted by Gasteiger charge is 2.53. The summed E-state index contributed by atoms with van der Waals surface area (Å²) in [5.41, 5.74) is 5.58. The molecule has 1 aromatic rings. The summed E-state index contributed by atoms with van der Waals surface area (Å²) < 4.78 is 12.6. The lowest BCUT2D eigenvalue weighted by molar-refractivity contribution is -0.139. The molecule has 3 N–H and O–H groups in total. The van der Waals surface area contributed by atoms with Gasteiger partial charge in [0.2, 0.25) is 0 Å². The molecule has 1 heterocycles. The molecule has 1 unspecified atom stereocenters. The smallest absolute Gasteiger partial charge is 0.321 e. The van der Waals surface area contributed by atoms with Gasteiger partial charge in [0.1, 0.15) is 11.9 Å². The average molecular weight is 210 g/mol. The van der Waals surface area contributed by atoms with Crippen molar-refractivity contribution in [2.45, 2.75) is 24.3 Å². The minimum Gasteiger partial charge on any atom is -0.480 e. The monoisotopic (exact) mass is 210 g/mol. The molecule has 0 saturated heterocycles. The summed E-state index contributed by atoms with van der Waals surface area (Å²) >= 11 is 0. The fraction of sp³-hybridized carbons (Fsp3) is 0.400. The first-order valence-electron chi connectivity index (χ1n) is 4.67. The highest BCUT2D eigenvalue weighted by atomic mass is 19.1. The zero-order chi connectivity index (χ0) is 11.1. The van der Waals surface area contributed by atoms with E-state index in [-0.39, 0.29) is 0 Å². The van der Waals surface area contributed by atoms with Crippen LogP contribution in [0.5, 0.6) is 0 Å². The first-order chi connectivity index (χ1) is 7.06. The van der Waals surface area contributed by atoms with Crippen LogP contribution in [-0.4, -0.2) is 22.1 Å². The summed E-state index contributed by atoms with van der Waals surface area (Å²) in [6.07, 6.45) is 2.47.